The number of carbonyl (C=O) groups is 3. The molecule has 0 radical (unpaired) electrons. The van der Waals surface area contributed by atoms with E-state index in [1.54, 1.807) is 38.2 Å². The Hall–Kier alpha value is -2.96. The molecule has 9 nitrogen and oxygen atoms in total. The van der Waals surface area contributed by atoms with Gasteiger partial charge in [0.15, 0.2) is 11.0 Å². The van der Waals surface area contributed by atoms with Crippen molar-refractivity contribution < 1.29 is 19.1 Å². The van der Waals surface area contributed by atoms with Crippen LogP contribution in [-0.4, -0.2) is 44.4 Å². The number of ether oxygens (including phenoxy) is 1. The van der Waals surface area contributed by atoms with Crippen LogP contribution in [0.2, 0.25) is 0 Å². The minimum Gasteiger partial charge on any atom is -0.459 e. The largest absolute Gasteiger partial charge is 0.459 e. The number of nitrogens with zero attached hydrogens (tertiary/aromatic N) is 3. The van der Waals surface area contributed by atoms with Crippen molar-refractivity contribution in [2.45, 2.75) is 38.6 Å². The first-order valence-electron chi connectivity index (χ1n) is 9.87. The van der Waals surface area contributed by atoms with E-state index in [9.17, 15) is 14.4 Å². The zero-order valence-corrected chi connectivity index (χ0v) is 20.7. The van der Waals surface area contributed by atoms with Crippen molar-refractivity contribution in [3.8, 4) is 10.7 Å². The lowest BCUT2D eigenvalue weighted by atomic mass is 10.1. The Balaban J connectivity index is 1.78. The van der Waals surface area contributed by atoms with E-state index in [1.807, 2.05) is 22.1 Å². The van der Waals surface area contributed by atoms with E-state index in [0.717, 1.165) is 16.2 Å². The van der Waals surface area contributed by atoms with Crippen molar-refractivity contribution in [2.24, 2.45) is 5.73 Å². The number of thioether (sulfide) groups is 1. The third kappa shape index (κ3) is 5.70. The van der Waals surface area contributed by atoms with Gasteiger partial charge in [-0.1, -0.05) is 23.9 Å². The van der Waals surface area contributed by atoms with E-state index in [0.29, 0.717) is 23.1 Å². The molecule has 0 aliphatic heterocycles. The zero-order chi connectivity index (χ0) is 24.1. The Labute approximate surface area is 203 Å². The molecule has 3 aromatic rings. The third-order valence-corrected chi connectivity index (χ3v) is 7.33. The smallest absolute Gasteiger partial charge is 0.341 e. The van der Waals surface area contributed by atoms with E-state index >= 15 is 0 Å². The summed E-state index contributed by atoms with van der Waals surface area (Å²) >= 11 is 3.70. The summed E-state index contributed by atoms with van der Waals surface area (Å²) in [6, 6.07) is 3.88. The molecule has 3 rings (SSSR count). The van der Waals surface area contributed by atoms with Crippen molar-refractivity contribution in [1.82, 2.24) is 14.8 Å². The first kappa shape index (κ1) is 24.7. The molecule has 0 aliphatic carbocycles. The normalized spacial score (nSPS) is 10.9. The number of allylic oxidation sites excluding steroid dienone is 1. The fraction of sp³-hybridized carbons (Fsp3) is 0.286. The maximum absolute atomic E-state index is 12.7. The summed E-state index contributed by atoms with van der Waals surface area (Å²) in [4.78, 5) is 38.2. The number of hydrogen-bond donors (Lipinski definition) is 2. The molecule has 3 aromatic heterocycles. The number of carbonyl (C=O) groups excluding carboxylic acids is 3. The summed E-state index contributed by atoms with van der Waals surface area (Å²) in [6.45, 7) is 9.30. The van der Waals surface area contributed by atoms with E-state index < -0.39 is 11.9 Å². The number of thiophene rings is 2. The SMILES string of the molecule is C=CCn1c(SCC(=O)Nc2sc(C(N)=O)c(C)c2C(=O)OC(C)C)nnc1-c1cccs1. The van der Waals surface area contributed by atoms with E-state index in [-0.39, 0.29) is 33.2 Å². The molecule has 0 saturated heterocycles. The van der Waals surface area contributed by atoms with Crippen LogP contribution in [0.25, 0.3) is 10.7 Å². The van der Waals surface area contributed by atoms with Gasteiger partial charge in [-0.2, -0.15) is 0 Å². The number of nitrogens with one attached hydrogen (secondary N) is 1. The number of anilines is 1. The first-order valence-corrected chi connectivity index (χ1v) is 12.6. The number of aromatic nitrogens is 3. The highest BCUT2D eigenvalue weighted by atomic mass is 32.2. The molecule has 0 unspecified atom stereocenters. The minimum atomic E-state index is -0.676. The molecule has 0 atom stereocenters. The van der Waals surface area contributed by atoms with Gasteiger partial charge >= 0.3 is 5.97 Å². The summed E-state index contributed by atoms with van der Waals surface area (Å²) < 4.78 is 7.15. The van der Waals surface area contributed by atoms with Crippen LogP contribution in [0.1, 0.15) is 39.4 Å². The summed E-state index contributed by atoms with van der Waals surface area (Å²) in [6.07, 6.45) is 1.37. The lowest BCUT2D eigenvalue weighted by Crippen LogP contribution is -2.18. The number of esters is 1. The van der Waals surface area contributed by atoms with Crippen LogP contribution in [0.15, 0.2) is 35.3 Å². The molecule has 0 bridgehead atoms. The van der Waals surface area contributed by atoms with Crippen molar-refractivity contribution in [2.75, 3.05) is 11.1 Å². The fourth-order valence-electron chi connectivity index (χ4n) is 2.93. The predicted octanol–water partition coefficient (Wildman–Crippen LogP) is 3.96. The van der Waals surface area contributed by atoms with Gasteiger partial charge in [0.2, 0.25) is 5.91 Å². The third-order valence-electron chi connectivity index (χ3n) is 4.27. The Kier molecular flexibility index (Phi) is 8.06. The quantitative estimate of drug-likeness (QED) is 0.242. The molecule has 2 amide bonds. The molecular weight excluding hydrogens is 482 g/mol. The van der Waals surface area contributed by atoms with Gasteiger partial charge in [-0.25, -0.2) is 4.79 Å². The summed E-state index contributed by atoms with van der Waals surface area (Å²) in [5.74, 6) is -0.959. The summed E-state index contributed by atoms with van der Waals surface area (Å²) in [5, 5.41) is 13.9. The molecule has 3 heterocycles. The summed E-state index contributed by atoms with van der Waals surface area (Å²) in [7, 11) is 0. The highest BCUT2D eigenvalue weighted by molar-refractivity contribution is 7.99. The van der Waals surface area contributed by atoms with Crippen LogP contribution in [-0.2, 0) is 16.1 Å². The molecule has 174 valence electrons. The van der Waals surface area contributed by atoms with Crippen LogP contribution < -0.4 is 11.1 Å². The monoisotopic (exact) mass is 505 g/mol. The van der Waals surface area contributed by atoms with Gasteiger partial charge in [0.1, 0.15) is 5.00 Å². The molecule has 0 fully saturated rings. The lowest BCUT2D eigenvalue weighted by Gasteiger charge is -2.10. The number of primary amides is 1. The first-order chi connectivity index (χ1) is 15.7. The molecule has 0 aliphatic rings. The molecule has 33 heavy (non-hydrogen) atoms. The Bertz CT molecular complexity index is 1180. The Morgan fingerprint density at radius 2 is 2.12 bits per heavy atom. The molecule has 0 saturated carbocycles. The molecular formula is C21H23N5O4S3. The van der Waals surface area contributed by atoms with Crippen LogP contribution in [0.5, 0.6) is 0 Å². The molecule has 0 spiro atoms. The van der Waals surface area contributed by atoms with Crippen molar-refractivity contribution in [3.63, 3.8) is 0 Å². The minimum absolute atomic E-state index is 0.0151. The van der Waals surface area contributed by atoms with Crippen LogP contribution in [0, 0.1) is 6.92 Å². The van der Waals surface area contributed by atoms with Crippen molar-refractivity contribution in [3.05, 3.63) is 46.2 Å². The number of rotatable bonds is 10. The highest BCUT2D eigenvalue weighted by Gasteiger charge is 2.26. The summed E-state index contributed by atoms with van der Waals surface area (Å²) in [5.41, 5.74) is 5.95. The van der Waals surface area contributed by atoms with Gasteiger partial charge in [0.05, 0.1) is 27.2 Å². The van der Waals surface area contributed by atoms with Gasteiger partial charge in [-0.05, 0) is 37.8 Å². The average Bonchev–Trinajstić information content (AvgIpc) is 3.45. The molecule has 12 heteroatoms. The van der Waals surface area contributed by atoms with Gasteiger partial charge in [0.25, 0.3) is 5.91 Å². The standard InChI is InChI=1S/C21H23N5O4S3/c1-5-8-26-18(13-7-6-9-31-13)24-25-21(26)32-10-14(27)23-19-15(20(29)30-11(2)3)12(4)16(33-19)17(22)28/h5-7,9,11H,1,8,10H2,2-4H3,(H2,22,28)(H,23,27). The van der Waals surface area contributed by atoms with Crippen LogP contribution in [0.4, 0.5) is 5.00 Å². The number of nitrogens with two attached hydrogens (primary N) is 1. The second-order valence-electron chi connectivity index (χ2n) is 7.10. The second-order valence-corrected chi connectivity index (χ2v) is 10.0. The van der Waals surface area contributed by atoms with E-state index in [1.165, 1.54) is 11.8 Å². The number of amides is 2. The second kappa shape index (κ2) is 10.8. The van der Waals surface area contributed by atoms with Gasteiger partial charge < -0.3 is 15.8 Å². The van der Waals surface area contributed by atoms with Crippen LogP contribution >= 0.6 is 34.4 Å². The van der Waals surface area contributed by atoms with Gasteiger partial charge in [-0.15, -0.1) is 39.4 Å². The Morgan fingerprint density at radius 3 is 2.73 bits per heavy atom. The molecule has 3 N–H and O–H groups in total. The van der Waals surface area contributed by atoms with Crippen LogP contribution in [0.3, 0.4) is 0 Å². The zero-order valence-electron chi connectivity index (χ0n) is 18.3. The average molecular weight is 506 g/mol. The predicted molar refractivity (Wildman–Crippen MR) is 131 cm³/mol. The van der Waals surface area contributed by atoms with E-state index in [2.05, 4.69) is 22.1 Å². The number of hydrogen-bond acceptors (Lipinski definition) is 9. The lowest BCUT2D eigenvalue weighted by molar-refractivity contribution is -0.113. The van der Waals surface area contributed by atoms with Gasteiger partial charge in [0, 0.05) is 6.54 Å². The van der Waals surface area contributed by atoms with Gasteiger partial charge in [-0.3, -0.25) is 14.2 Å². The van der Waals surface area contributed by atoms with E-state index in [4.69, 9.17) is 10.5 Å². The maximum Gasteiger partial charge on any atom is 0.341 e. The Morgan fingerprint density at radius 1 is 1.36 bits per heavy atom. The van der Waals surface area contributed by atoms with Crippen molar-refractivity contribution >= 4 is 57.2 Å². The maximum atomic E-state index is 12.7. The molecule has 0 aromatic carbocycles. The highest BCUT2D eigenvalue weighted by Crippen LogP contribution is 2.34. The topological polar surface area (TPSA) is 129 Å². The fourth-order valence-corrected chi connectivity index (χ4v) is 5.45. The van der Waals surface area contributed by atoms with Crippen molar-refractivity contribution in [1.29, 1.82) is 0 Å².